The predicted octanol–water partition coefficient (Wildman–Crippen LogP) is 2.28. The molecule has 3 aliphatic heterocycles. The molecule has 4 nitrogen and oxygen atoms in total. The summed E-state index contributed by atoms with van der Waals surface area (Å²) in [5.74, 6) is -1.08. The summed E-state index contributed by atoms with van der Waals surface area (Å²) in [6.45, 7) is 1.88. The molecular weight excluding hydrogens is 322 g/mol. The molecule has 2 fully saturated rings. The summed E-state index contributed by atoms with van der Waals surface area (Å²) in [6, 6.07) is 7.21. The fourth-order valence-corrected chi connectivity index (χ4v) is 3.76. The molecular formula is C15H12BrNO3. The lowest BCUT2D eigenvalue weighted by molar-refractivity contribution is -0.126. The lowest BCUT2D eigenvalue weighted by atomic mass is 9.78. The molecule has 20 heavy (non-hydrogen) atoms. The molecule has 0 radical (unpaired) electrons. The molecule has 0 spiro atoms. The number of rotatable bonds is 1. The van der Waals surface area contributed by atoms with Gasteiger partial charge in [0.05, 0.1) is 29.2 Å². The van der Waals surface area contributed by atoms with Gasteiger partial charge in [0.15, 0.2) is 0 Å². The van der Waals surface area contributed by atoms with Crippen LogP contribution in [0.2, 0.25) is 0 Å². The van der Waals surface area contributed by atoms with Crippen molar-refractivity contribution in [2.75, 3.05) is 4.90 Å². The van der Waals surface area contributed by atoms with E-state index >= 15 is 0 Å². The van der Waals surface area contributed by atoms with Crippen LogP contribution in [0.3, 0.4) is 0 Å². The quantitative estimate of drug-likeness (QED) is 0.585. The first-order chi connectivity index (χ1) is 9.51. The van der Waals surface area contributed by atoms with Gasteiger partial charge in [0, 0.05) is 4.47 Å². The molecule has 2 amide bonds. The topological polar surface area (TPSA) is 46.6 Å². The number of nitrogens with zero attached hydrogens (tertiary/aromatic N) is 1. The van der Waals surface area contributed by atoms with Gasteiger partial charge in [-0.2, -0.15) is 0 Å². The first-order valence-corrected chi connectivity index (χ1v) is 7.31. The number of hydrogen-bond donors (Lipinski definition) is 0. The molecule has 0 aromatic heterocycles. The second-order valence-corrected chi connectivity index (χ2v) is 6.53. The van der Waals surface area contributed by atoms with Gasteiger partial charge in [0.2, 0.25) is 11.8 Å². The fourth-order valence-electron chi connectivity index (χ4n) is 3.50. The molecule has 1 aromatic rings. The number of benzene rings is 1. The fraction of sp³-hybridized carbons (Fsp3) is 0.333. The molecule has 0 saturated carbocycles. The van der Waals surface area contributed by atoms with Crippen molar-refractivity contribution < 1.29 is 14.3 Å². The second-order valence-electron chi connectivity index (χ2n) is 5.62. The maximum Gasteiger partial charge on any atom is 0.241 e. The molecule has 102 valence electrons. The van der Waals surface area contributed by atoms with Crippen LogP contribution in [0.15, 0.2) is 40.9 Å². The summed E-state index contributed by atoms with van der Waals surface area (Å²) in [4.78, 5) is 26.6. The van der Waals surface area contributed by atoms with Crippen molar-refractivity contribution in [1.29, 1.82) is 0 Å². The molecule has 5 heteroatoms. The molecule has 4 atom stereocenters. The molecule has 3 heterocycles. The van der Waals surface area contributed by atoms with Crippen molar-refractivity contribution in [3.63, 3.8) is 0 Å². The summed E-state index contributed by atoms with van der Waals surface area (Å²) in [7, 11) is 0. The number of anilines is 1. The van der Waals surface area contributed by atoms with E-state index in [-0.39, 0.29) is 23.8 Å². The minimum absolute atomic E-state index is 0.152. The Bertz CT molecular complexity index is 654. The highest BCUT2D eigenvalue weighted by atomic mass is 79.9. The third-order valence-electron chi connectivity index (χ3n) is 4.41. The highest BCUT2D eigenvalue weighted by molar-refractivity contribution is 9.10. The standard InChI is InChI=1S/C15H12BrNO3/c1-15-7-6-10(20-15)11-12(15)14(19)17(13(11)18)9-4-2-8(16)3-5-9/h2-7,10-12H,1H3/t10-,11-,12+,15+/m0/s1. The molecule has 1 aromatic carbocycles. The van der Waals surface area contributed by atoms with Gasteiger partial charge in [-0.05, 0) is 31.2 Å². The van der Waals surface area contributed by atoms with Crippen LogP contribution in [0.25, 0.3) is 0 Å². The first kappa shape index (κ1) is 12.3. The molecule has 0 aliphatic carbocycles. The Hall–Kier alpha value is -1.46. The van der Waals surface area contributed by atoms with Crippen LogP contribution in [-0.2, 0) is 14.3 Å². The Morgan fingerprint density at radius 2 is 1.90 bits per heavy atom. The van der Waals surface area contributed by atoms with Crippen LogP contribution in [0.1, 0.15) is 6.92 Å². The molecule has 0 unspecified atom stereocenters. The van der Waals surface area contributed by atoms with E-state index in [4.69, 9.17) is 4.74 Å². The number of carbonyl (C=O) groups is 2. The van der Waals surface area contributed by atoms with Gasteiger partial charge in [0.25, 0.3) is 0 Å². The minimum Gasteiger partial charge on any atom is -0.362 e. The Morgan fingerprint density at radius 3 is 2.55 bits per heavy atom. The zero-order valence-corrected chi connectivity index (χ0v) is 12.3. The molecule has 4 rings (SSSR count). The van der Waals surface area contributed by atoms with E-state index in [1.165, 1.54) is 4.90 Å². The van der Waals surface area contributed by atoms with Crippen molar-refractivity contribution >= 4 is 33.4 Å². The minimum atomic E-state index is -0.633. The van der Waals surface area contributed by atoms with Crippen LogP contribution in [0.4, 0.5) is 5.69 Å². The third-order valence-corrected chi connectivity index (χ3v) is 4.94. The molecule has 0 N–H and O–H groups in total. The van der Waals surface area contributed by atoms with Crippen molar-refractivity contribution in [2.45, 2.75) is 18.6 Å². The highest BCUT2D eigenvalue weighted by Crippen LogP contribution is 2.52. The SMILES string of the molecule is C[C@]12C=C[C@H](O1)[C@@H]1C(=O)N(c3ccc(Br)cc3)C(=O)[C@@H]12. The zero-order valence-electron chi connectivity index (χ0n) is 10.7. The largest absolute Gasteiger partial charge is 0.362 e. The maximum atomic E-state index is 12.7. The van der Waals surface area contributed by atoms with Gasteiger partial charge in [-0.1, -0.05) is 28.1 Å². The summed E-state index contributed by atoms with van der Waals surface area (Å²) in [6.07, 6.45) is 3.55. The monoisotopic (exact) mass is 333 g/mol. The smallest absolute Gasteiger partial charge is 0.241 e. The number of carbonyl (C=O) groups excluding carboxylic acids is 2. The summed E-state index contributed by atoms with van der Waals surface area (Å²) >= 11 is 3.35. The van der Waals surface area contributed by atoms with E-state index in [9.17, 15) is 9.59 Å². The van der Waals surface area contributed by atoms with Gasteiger partial charge in [-0.15, -0.1) is 0 Å². The van der Waals surface area contributed by atoms with Crippen molar-refractivity contribution in [1.82, 2.24) is 0 Å². The first-order valence-electron chi connectivity index (χ1n) is 6.52. The average Bonchev–Trinajstić information content (AvgIpc) is 3.01. The number of fused-ring (bicyclic) bond motifs is 5. The van der Waals surface area contributed by atoms with Crippen LogP contribution in [-0.4, -0.2) is 23.5 Å². The lowest BCUT2D eigenvalue weighted by Gasteiger charge is -2.24. The van der Waals surface area contributed by atoms with E-state index in [1.54, 1.807) is 12.1 Å². The predicted molar refractivity (Wildman–Crippen MR) is 76.0 cm³/mol. The molecule has 3 aliphatic rings. The molecule has 2 bridgehead atoms. The Labute approximate surface area is 124 Å². The number of imide groups is 1. The van der Waals surface area contributed by atoms with Gasteiger partial charge in [0.1, 0.15) is 0 Å². The van der Waals surface area contributed by atoms with Gasteiger partial charge < -0.3 is 4.74 Å². The van der Waals surface area contributed by atoms with E-state index in [0.29, 0.717) is 5.69 Å². The summed E-state index contributed by atoms with van der Waals surface area (Å²) < 4.78 is 6.70. The zero-order chi connectivity index (χ0) is 14.1. The summed E-state index contributed by atoms with van der Waals surface area (Å²) in [5.41, 5.74) is -0.00719. The normalized spacial score (nSPS) is 37.9. The lowest BCUT2D eigenvalue weighted by Crippen LogP contribution is -2.38. The van der Waals surface area contributed by atoms with E-state index in [1.807, 2.05) is 31.2 Å². The average molecular weight is 334 g/mol. The number of ether oxygens (including phenoxy) is 1. The van der Waals surface area contributed by atoms with Crippen LogP contribution < -0.4 is 4.90 Å². The number of amides is 2. The Kier molecular flexibility index (Phi) is 2.34. The summed E-state index contributed by atoms with van der Waals surface area (Å²) in [5, 5.41) is 0. The van der Waals surface area contributed by atoms with Crippen LogP contribution in [0, 0.1) is 11.8 Å². The number of halogens is 1. The van der Waals surface area contributed by atoms with E-state index in [2.05, 4.69) is 15.9 Å². The van der Waals surface area contributed by atoms with Crippen molar-refractivity contribution in [3.8, 4) is 0 Å². The van der Waals surface area contributed by atoms with Gasteiger partial charge in [-0.3, -0.25) is 9.59 Å². The molecule has 2 saturated heterocycles. The maximum absolute atomic E-state index is 12.7. The van der Waals surface area contributed by atoms with Crippen LogP contribution in [0.5, 0.6) is 0 Å². The van der Waals surface area contributed by atoms with Gasteiger partial charge in [-0.25, -0.2) is 4.90 Å². The second kappa shape index (κ2) is 3.80. The Balaban J connectivity index is 1.77. The van der Waals surface area contributed by atoms with E-state index < -0.39 is 11.5 Å². The van der Waals surface area contributed by atoms with Crippen molar-refractivity contribution in [2.24, 2.45) is 11.8 Å². The van der Waals surface area contributed by atoms with Gasteiger partial charge >= 0.3 is 0 Å². The van der Waals surface area contributed by atoms with Crippen molar-refractivity contribution in [3.05, 3.63) is 40.9 Å². The van der Waals surface area contributed by atoms with E-state index in [0.717, 1.165) is 4.47 Å². The third kappa shape index (κ3) is 1.39. The Morgan fingerprint density at radius 1 is 1.20 bits per heavy atom. The highest BCUT2D eigenvalue weighted by Gasteiger charge is 2.65. The number of hydrogen-bond acceptors (Lipinski definition) is 3. The van der Waals surface area contributed by atoms with Crippen LogP contribution >= 0.6 is 15.9 Å².